The highest BCUT2D eigenvalue weighted by atomic mass is 16.1. The van der Waals surface area contributed by atoms with E-state index in [1.54, 1.807) is 6.20 Å². The molecule has 3 nitrogen and oxygen atoms in total. The fraction of sp³-hybridized carbons (Fsp3) is 0.333. The fourth-order valence-electron chi connectivity index (χ4n) is 1.76. The number of hydrogen-bond acceptors (Lipinski definition) is 2. The highest BCUT2D eigenvalue weighted by Crippen LogP contribution is 2.28. The Morgan fingerprint density at radius 1 is 1.40 bits per heavy atom. The van der Waals surface area contributed by atoms with E-state index in [4.69, 9.17) is 0 Å². The Hall–Kier alpha value is -1.64. The lowest BCUT2D eigenvalue weighted by molar-refractivity contribution is 0.112. The van der Waals surface area contributed by atoms with Gasteiger partial charge in [0, 0.05) is 28.3 Å². The van der Waals surface area contributed by atoms with Crippen molar-refractivity contribution in [2.45, 2.75) is 26.2 Å². The molecule has 0 amide bonds. The first-order valence-electron chi connectivity index (χ1n) is 4.96. The van der Waals surface area contributed by atoms with Crippen LogP contribution in [0.1, 0.15) is 36.8 Å². The number of H-pyrrole nitrogens is 1. The summed E-state index contributed by atoms with van der Waals surface area (Å²) in [5.74, 6) is 0. The first-order chi connectivity index (χ1) is 7.04. The van der Waals surface area contributed by atoms with Crippen LogP contribution in [0.4, 0.5) is 0 Å². The predicted octanol–water partition coefficient (Wildman–Crippen LogP) is 2.67. The number of nitrogens with zero attached hydrogens (tertiary/aromatic N) is 1. The number of hydrogen-bond donors (Lipinski definition) is 1. The summed E-state index contributed by atoms with van der Waals surface area (Å²) in [4.78, 5) is 18.5. The van der Waals surface area contributed by atoms with Gasteiger partial charge in [0.05, 0.1) is 0 Å². The van der Waals surface area contributed by atoms with E-state index >= 15 is 0 Å². The number of nitrogens with one attached hydrogen (secondary N) is 1. The molecule has 0 aliphatic heterocycles. The number of carbonyl (C=O) groups excluding carboxylic acids is 1. The third-order valence-electron chi connectivity index (χ3n) is 2.48. The number of aromatic nitrogens is 2. The fourth-order valence-corrected chi connectivity index (χ4v) is 1.76. The number of carbonyl (C=O) groups is 1. The Kier molecular flexibility index (Phi) is 2.11. The van der Waals surface area contributed by atoms with Gasteiger partial charge in [-0.3, -0.25) is 4.79 Å². The largest absolute Gasteiger partial charge is 0.342 e. The Bertz CT molecular complexity index is 506. The van der Waals surface area contributed by atoms with Gasteiger partial charge in [-0.05, 0) is 12.1 Å². The SMILES string of the molecule is CC(C)(C)c1[nH]c2ncccc2c1C=O. The van der Waals surface area contributed by atoms with Crippen LogP contribution >= 0.6 is 0 Å². The summed E-state index contributed by atoms with van der Waals surface area (Å²) in [5.41, 5.74) is 2.39. The highest BCUT2D eigenvalue weighted by Gasteiger charge is 2.22. The number of fused-ring (bicyclic) bond motifs is 1. The molecule has 0 radical (unpaired) electrons. The zero-order chi connectivity index (χ0) is 11.1. The first-order valence-corrected chi connectivity index (χ1v) is 4.96. The van der Waals surface area contributed by atoms with Gasteiger partial charge in [-0.1, -0.05) is 20.8 Å². The molecule has 78 valence electrons. The molecule has 2 heterocycles. The summed E-state index contributed by atoms with van der Waals surface area (Å²) in [5, 5.41) is 0.900. The lowest BCUT2D eigenvalue weighted by Gasteiger charge is -2.17. The molecule has 0 saturated heterocycles. The van der Waals surface area contributed by atoms with Crippen molar-refractivity contribution < 1.29 is 4.79 Å². The zero-order valence-electron chi connectivity index (χ0n) is 9.16. The zero-order valence-corrected chi connectivity index (χ0v) is 9.16. The highest BCUT2D eigenvalue weighted by molar-refractivity contribution is 5.97. The van der Waals surface area contributed by atoms with Gasteiger partial charge in [0.25, 0.3) is 0 Å². The summed E-state index contributed by atoms with van der Waals surface area (Å²) < 4.78 is 0. The smallest absolute Gasteiger partial charge is 0.152 e. The van der Waals surface area contributed by atoms with Crippen LogP contribution in [0, 0.1) is 0 Å². The molecule has 1 N–H and O–H groups in total. The molecule has 3 heteroatoms. The molecule has 0 atom stereocenters. The second-order valence-electron chi connectivity index (χ2n) is 4.68. The maximum absolute atomic E-state index is 11.1. The quantitative estimate of drug-likeness (QED) is 0.722. The minimum absolute atomic E-state index is 0.0725. The van der Waals surface area contributed by atoms with Gasteiger partial charge in [-0.25, -0.2) is 4.98 Å². The summed E-state index contributed by atoms with van der Waals surface area (Å²) >= 11 is 0. The van der Waals surface area contributed by atoms with Crippen molar-refractivity contribution in [2.75, 3.05) is 0 Å². The van der Waals surface area contributed by atoms with Crippen molar-refractivity contribution >= 4 is 17.3 Å². The molecule has 0 aromatic carbocycles. The van der Waals surface area contributed by atoms with Crippen molar-refractivity contribution in [2.24, 2.45) is 0 Å². The first kappa shape index (κ1) is 9.90. The van der Waals surface area contributed by atoms with Gasteiger partial charge in [0.15, 0.2) is 6.29 Å². The molecule has 0 unspecified atom stereocenters. The maximum Gasteiger partial charge on any atom is 0.152 e. The van der Waals surface area contributed by atoms with E-state index in [9.17, 15) is 4.79 Å². The molecule has 2 aromatic rings. The Morgan fingerprint density at radius 2 is 2.13 bits per heavy atom. The van der Waals surface area contributed by atoms with Crippen molar-refractivity contribution in [3.63, 3.8) is 0 Å². The number of aldehydes is 1. The van der Waals surface area contributed by atoms with E-state index in [-0.39, 0.29) is 5.41 Å². The molecule has 0 spiro atoms. The standard InChI is InChI=1S/C12H14N2O/c1-12(2,3)10-9(7-15)8-5-4-6-13-11(8)14-10/h4-7H,1-3H3,(H,13,14). The third kappa shape index (κ3) is 1.54. The summed E-state index contributed by atoms with van der Waals surface area (Å²) in [6.07, 6.45) is 2.63. The Balaban J connectivity index is 2.81. The Labute approximate surface area is 88.5 Å². The second kappa shape index (κ2) is 3.19. The number of aromatic amines is 1. The predicted molar refractivity (Wildman–Crippen MR) is 60.2 cm³/mol. The van der Waals surface area contributed by atoms with Gasteiger partial charge >= 0.3 is 0 Å². The van der Waals surface area contributed by atoms with Gasteiger partial charge < -0.3 is 4.98 Å². The number of pyridine rings is 1. The number of rotatable bonds is 1. The van der Waals surface area contributed by atoms with E-state index in [0.717, 1.165) is 28.6 Å². The lowest BCUT2D eigenvalue weighted by atomic mass is 9.89. The van der Waals surface area contributed by atoms with E-state index in [1.807, 2.05) is 12.1 Å². The second-order valence-corrected chi connectivity index (χ2v) is 4.68. The van der Waals surface area contributed by atoms with Crippen LogP contribution in [0.15, 0.2) is 18.3 Å². The summed E-state index contributed by atoms with van der Waals surface area (Å²) in [6, 6.07) is 3.76. The van der Waals surface area contributed by atoms with E-state index in [0.29, 0.717) is 0 Å². The molecular formula is C12H14N2O. The summed E-state index contributed by atoms with van der Waals surface area (Å²) in [6.45, 7) is 6.22. The minimum atomic E-state index is -0.0725. The van der Waals surface area contributed by atoms with Crippen molar-refractivity contribution in [3.8, 4) is 0 Å². The van der Waals surface area contributed by atoms with Crippen LogP contribution in [0.5, 0.6) is 0 Å². The Morgan fingerprint density at radius 3 is 2.73 bits per heavy atom. The molecule has 15 heavy (non-hydrogen) atoms. The van der Waals surface area contributed by atoms with Crippen LogP contribution in [0.2, 0.25) is 0 Å². The molecule has 0 aliphatic rings. The molecule has 0 aliphatic carbocycles. The molecule has 0 bridgehead atoms. The van der Waals surface area contributed by atoms with Gasteiger partial charge in [-0.2, -0.15) is 0 Å². The molecule has 0 fully saturated rings. The van der Waals surface area contributed by atoms with Crippen molar-refractivity contribution in [1.82, 2.24) is 9.97 Å². The molecule has 2 aromatic heterocycles. The van der Waals surface area contributed by atoms with E-state index in [1.165, 1.54) is 0 Å². The molecule has 2 rings (SSSR count). The van der Waals surface area contributed by atoms with Gasteiger partial charge in [-0.15, -0.1) is 0 Å². The van der Waals surface area contributed by atoms with Crippen LogP contribution in [0.3, 0.4) is 0 Å². The normalized spacial score (nSPS) is 11.9. The minimum Gasteiger partial charge on any atom is -0.342 e. The summed E-state index contributed by atoms with van der Waals surface area (Å²) in [7, 11) is 0. The lowest BCUT2D eigenvalue weighted by Crippen LogP contribution is -2.13. The van der Waals surface area contributed by atoms with Gasteiger partial charge in [0.1, 0.15) is 5.65 Å². The van der Waals surface area contributed by atoms with Crippen LogP contribution in [0.25, 0.3) is 11.0 Å². The monoisotopic (exact) mass is 202 g/mol. The van der Waals surface area contributed by atoms with Crippen LogP contribution < -0.4 is 0 Å². The average molecular weight is 202 g/mol. The van der Waals surface area contributed by atoms with E-state index in [2.05, 4.69) is 30.7 Å². The maximum atomic E-state index is 11.1. The van der Waals surface area contributed by atoms with E-state index < -0.39 is 0 Å². The molecular weight excluding hydrogens is 188 g/mol. The van der Waals surface area contributed by atoms with Crippen LogP contribution in [-0.4, -0.2) is 16.3 Å². The van der Waals surface area contributed by atoms with Crippen molar-refractivity contribution in [1.29, 1.82) is 0 Å². The van der Waals surface area contributed by atoms with Crippen LogP contribution in [-0.2, 0) is 5.41 Å². The topological polar surface area (TPSA) is 45.8 Å². The van der Waals surface area contributed by atoms with Gasteiger partial charge in [0.2, 0.25) is 0 Å². The third-order valence-corrected chi connectivity index (χ3v) is 2.48. The molecule has 0 saturated carbocycles. The average Bonchev–Trinajstić information content (AvgIpc) is 2.55. The van der Waals surface area contributed by atoms with Crippen molar-refractivity contribution in [3.05, 3.63) is 29.6 Å².